The van der Waals surface area contributed by atoms with Crippen LogP contribution in [0.4, 0.5) is 17.2 Å². The minimum Gasteiger partial charge on any atom is -0.398 e. The molecule has 0 saturated carbocycles. The molecule has 6 heteroatoms. The van der Waals surface area contributed by atoms with Crippen LogP contribution in [0.5, 0.6) is 0 Å². The number of rotatable bonds is 5. The van der Waals surface area contributed by atoms with Crippen LogP contribution in [0.1, 0.15) is 46.7 Å². The monoisotopic (exact) mass is 441 g/mol. The number of aryl methyl sites for hydroxylation is 2. The molecule has 5 rings (SSSR count). The summed E-state index contributed by atoms with van der Waals surface area (Å²) in [5.41, 5.74) is 14.0. The molecule has 4 N–H and O–H groups in total. The standard InChI is InChI=1S/C27H31N5O/c1-18-5-7-22-19(15-18)3-2-4-25(22)31-21-6-8-24(28)23(17-21)27(29)20-9-10-30-26(16-20)32-11-13-33-14-12-32/h5-10,15-17,25,29,31H,2-4,11-14,28H2,1H3. The van der Waals surface area contributed by atoms with Crippen LogP contribution in [0, 0.1) is 12.3 Å². The maximum Gasteiger partial charge on any atom is 0.129 e. The largest absolute Gasteiger partial charge is 0.398 e. The Labute approximate surface area is 195 Å². The predicted molar refractivity (Wildman–Crippen MR) is 135 cm³/mol. The summed E-state index contributed by atoms with van der Waals surface area (Å²) in [6.45, 7) is 5.18. The van der Waals surface area contributed by atoms with E-state index >= 15 is 0 Å². The molecule has 1 aliphatic carbocycles. The van der Waals surface area contributed by atoms with E-state index in [-0.39, 0.29) is 6.04 Å². The van der Waals surface area contributed by atoms with E-state index in [9.17, 15) is 0 Å². The number of nitrogens with one attached hydrogen (secondary N) is 2. The number of anilines is 3. The summed E-state index contributed by atoms with van der Waals surface area (Å²) in [5.74, 6) is 0.877. The number of pyridine rings is 1. The van der Waals surface area contributed by atoms with Gasteiger partial charge in [0.25, 0.3) is 0 Å². The third-order valence-corrected chi connectivity index (χ3v) is 6.65. The number of nitrogens with two attached hydrogens (primary N) is 1. The van der Waals surface area contributed by atoms with E-state index in [4.69, 9.17) is 15.9 Å². The highest BCUT2D eigenvalue weighted by Gasteiger charge is 2.21. The second kappa shape index (κ2) is 9.24. The number of benzene rings is 2. The quantitative estimate of drug-likeness (QED) is 0.394. The molecule has 2 aromatic carbocycles. The average molecular weight is 442 g/mol. The summed E-state index contributed by atoms with van der Waals surface area (Å²) in [6.07, 6.45) is 5.18. The van der Waals surface area contributed by atoms with Gasteiger partial charge in [0.1, 0.15) is 5.82 Å². The van der Waals surface area contributed by atoms with Gasteiger partial charge in [-0.1, -0.05) is 23.8 Å². The van der Waals surface area contributed by atoms with Crippen molar-refractivity contribution in [1.82, 2.24) is 4.98 Å². The Hall–Kier alpha value is -3.38. The lowest BCUT2D eigenvalue weighted by atomic mass is 9.86. The summed E-state index contributed by atoms with van der Waals surface area (Å²) in [6, 6.07) is 16.8. The zero-order valence-corrected chi connectivity index (χ0v) is 19.1. The molecule has 0 radical (unpaired) electrons. The molecule has 2 aliphatic rings. The van der Waals surface area contributed by atoms with Gasteiger partial charge < -0.3 is 20.7 Å². The number of nitrogens with zero attached hydrogens (tertiary/aromatic N) is 2. The highest BCUT2D eigenvalue weighted by atomic mass is 16.5. The summed E-state index contributed by atoms with van der Waals surface area (Å²) >= 11 is 0. The zero-order chi connectivity index (χ0) is 22.8. The molecular weight excluding hydrogens is 410 g/mol. The van der Waals surface area contributed by atoms with Crippen molar-refractivity contribution in [3.8, 4) is 0 Å². The Kier molecular flexibility index (Phi) is 6.01. The van der Waals surface area contributed by atoms with E-state index in [1.807, 2.05) is 30.3 Å². The fourth-order valence-corrected chi connectivity index (χ4v) is 4.85. The van der Waals surface area contributed by atoms with Gasteiger partial charge in [-0.3, -0.25) is 5.41 Å². The number of aromatic nitrogens is 1. The van der Waals surface area contributed by atoms with Crippen LogP contribution in [0.2, 0.25) is 0 Å². The van der Waals surface area contributed by atoms with Crippen LogP contribution in [0.3, 0.4) is 0 Å². The van der Waals surface area contributed by atoms with Gasteiger partial charge in [-0.05, 0) is 67.6 Å². The first kappa shape index (κ1) is 21.5. The lowest BCUT2D eigenvalue weighted by Crippen LogP contribution is -2.36. The minimum atomic E-state index is 0.272. The molecule has 6 nitrogen and oxygen atoms in total. The van der Waals surface area contributed by atoms with Crippen molar-refractivity contribution in [2.75, 3.05) is 42.3 Å². The van der Waals surface area contributed by atoms with Crippen LogP contribution in [-0.2, 0) is 11.2 Å². The molecule has 1 saturated heterocycles. The zero-order valence-electron chi connectivity index (χ0n) is 19.1. The van der Waals surface area contributed by atoms with Gasteiger partial charge in [-0.25, -0.2) is 4.98 Å². The van der Waals surface area contributed by atoms with Gasteiger partial charge in [0, 0.05) is 41.8 Å². The average Bonchev–Trinajstić information content (AvgIpc) is 2.85. The summed E-state index contributed by atoms with van der Waals surface area (Å²) in [7, 11) is 0. The second-order valence-corrected chi connectivity index (χ2v) is 8.97. The van der Waals surface area contributed by atoms with E-state index in [0.717, 1.165) is 48.6 Å². The molecule has 0 spiro atoms. The highest BCUT2D eigenvalue weighted by molar-refractivity contribution is 6.14. The van der Waals surface area contributed by atoms with Crippen molar-refractivity contribution < 1.29 is 4.74 Å². The molecular formula is C27H31N5O. The van der Waals surface area contributed by atoms with Crippen molar-refractivity contribution in [1.29, 1.82) is 5.41 Å². The van der Waals surface area contributed by atoms with Gasteiger partial charge in [0.05, 0.1) is 25.0 Å². The number of hydrogen-bond acceptors (Lipinski definition) is 6. The lowest BCUT2D eigenvalue weighted by molar-refractivity contribution is 0.122. The minimum absolute atomic E-state index is 0.272. The van der Waals surface area contributed by atoms with Crippen LogP contribution < -0.4 is 16.0 Å². The van der Waals surface area contributed by atoms with Gasteiger partial charge >= 0.3 is 0 Å². The van der Waals surface area contributed by atoms with Crippen molar-refractivity contribution in [3.05, 3.63) is 82.5 Å². The van der Waals surface area contributed by atoms with Crippen LogP contribution >= 0.6 is 0 Å². The van der Waals surface area contributed by atoms with Crippen molar-refractivity contribution >= 4 is 22.9 Å². The van der Waals surface area contributed by atoms with E-state index < -0.39 is 0 Å². The Bertz CT molecular complexity index is 1170. The second-order valence-electron chi connectivity index (χ2n) is 8.97. The Morgan fingerprint density at radius 1 is 1.12 bits per heavy atom. The van der Waals surface area contributed by atoms with Crippen molar-refractivity contribution in [3.63, 3.8) is 0 Å². The Morgan fingerprint density at radius 2 is 1.97 bits per heavy atom. The van der Waals surface area contributed by atoms with E-state index in [1.165, 1.54) is 23.1 Å². The van der Waals surface area contributed by atoms with Crippen molar-refractivity contribution in [2.45, 2.75) is 32.2 Å². The summed E-state index contributed by atoms with van der Waals surface area (Å²) in [4.78, 5) is 6.71. The molecule has 1 unspecified atom stereocenters. The third kappa shape index (κ3) is 4.57. The third-order valence-electron chi connectivity index (χ3n) is 6.65. The molecule has 33 heavy (non-hydrogen) atoms. The van der Waals surface area contributed by atoms with E-state index in [0.29, 0.717) is 24.6 Å². The number of fused-ring (bicyclic) bond motifs is 1. The molecule has 1 fully saturated rings. The lowest BCUT2D eigenvalue weighted by Gasteiger charge is -2.28. The number of morpholine rings is 1. The topological polar surface area (TPSA) is 87.3 Å². The van der Waals surface area contributed by atoms with E-state index in [1.54, 1.807) is 6.20 Å². The normalized spacial score (nSPS) is 18.0. The Balaban J connectivity index is 1.39. The molecule has 0 amide bonds. The first-order valence-corrected chi connectivity index (χ1v) is 11.7. The molecule has 1 aromatic heterocycles. The predicted octanol–water partition coefficient (Wildman–Crippen LogP) is 4.71. The molecule has 3 aromatic rings. The van der Waals surface area contributed by atoms with Crippen molar-refractivity contribution in [2.24, 2.45) is 0 Å². The molecule has 0 bridgehead atoms. The van der Waals surface area contributed by atoms with Crippen LogP contribution in [-0.4, -0.2) is 37.0 Å². The van der Waals surface area contributed by atoms with Gasteiger partial charge in [-0.2, -0.15) is 0 Å². The molecule has 1 atom stereocenters. The van der Waals surface area contributed by atoms with Gasteiger partial charge in [-0.15, -0.1) is 0 Å². The maximum absolute atomic E-state index is 8.90. The van der Waals surface area contributed by atoms with E-state index in [2.05, 4.69) is 40.3 Å². The first-order chi connectivity index (χ1) is 16.1. The number of hydrogen-bond donors (Lipinski definition) is 3. The Morgan fingerprint density at radius 3 is 2.82 bits per heavy atom. The highest BCUT2D eigenvalue weighted by Crippen LogP contribution is 2.34. The summed E-state index contributed by atoms with van der Waals surface area (Å²) in [5, 5.41) is 12.6. The van der Waals surface area contributed by atoms with Gasteiger partial charge in [0.15, 0.2) is 0 Å². The van der Waals surface area contributed by atoms with Crippen LogP contribution in [0.25, 0.3) is 0 Å². The summed E-state index contributed by atoms with van der Waals surface area (Å²) < 4.78 is 5.45. The van der Waals surface area contributed by atoms with Gasteiger partial charge in [0.2, 0.25) is 0 Å². The maximum atomic E-state index is 8.90. The number of ether oxygens (including phenoxy) is 1. The van der Waals surface area contributed by atoms with Crippen LogP contribution in [0.15, 0.2) is 54.7 Å². The molecule has 1 aliphatic heterocycles. The fourth-order valence-electron chi connectivity index (χ4n) is 4.85. The first-order valence-electron chi connectivity index (χ1n) is 11.7. The SMILES string of the molecule is Cc1ccc2c(c1)CCCC2Nc1ccc(N)c(C(=N)c2ccnc(N3CCOCC3)c2)c1. The fraction of sp³-hybridized carbons (Fsp3) is 0.333. The number of nitrogen functional groups attached to an aromatic ring is 1. The molecule has 2 heterocycles. The smallest absolute Gasteiger partial charge is 0.129 e. The molecule has 170 valence electrons.